The van der Waals surface area contributed by atoms with Crippen LogP contribution in [0.5, 0.6) is 5.75 Å². The van der Waals surface area contributed by atoms with E-state index in [1.54, 1.807) is 0 Å². The molecule has 34 heavy (non-hydrogen) atoms. The molecule has 0 radical (unpaired) electrons. The number of pyridine rings is 1. The van der Waals surface area contributed by atoms with Crippen LogP contribution >= 0.6 is 15.9 Å². The Kier molecular flexibility index (Phi) is 7.19. The monoisotopic (exact) mass is 549 g/mol. The Labute approximate surface area is 195 Å². The van der Waals surface area contributed by atoms with Crippen molar-refractivity contribution in [1.29, 1.82) is 0 Å². The zero-order valence-electron chi connectivity index (χ0n) is 16.7. The van der Waals surface area contributed by atoms with Crippen LogP contribution in [-0.4, -0.2) is 27.0 Å². The predicted octanol–water partition coefficient (Wildman–Crippen LogP) is 4.88. The molecule has 0 fully saturated rings. The maximum atomic E-state index is 14.6. The van der Waals surface area contributed by atoms with Crippen LogP contribution in [0.3, 0.4) is 0 Å². The summed E-state index contributed by atoms with van der Waals surface area (Å²) in [7, 11) is 0. The van der Waals surface area contributed by atoms with Crippen molar-refractivity contribution in [2.75, 3.05) is 0 Å². The van der Waals surface area contributed by atoms with Crippen LogP contribution in [0.25, 0.3) is 11.4 Å². The zero-order chi connectivity index (χ0) is 25.2. The van der Waals surface area contributed by atoms with E-state index in [0.717, 1.165) is 24.3 Å². The quantitative estimate of drug-likeness (QED) is 0.383. The van der Waals surface area contributed by atoms with Gasteiger partial charge in [-0.15, -0.1) is 0 Å². The third-order valence-corrected chi connectivity index (χ3v) is 4.94. The van der Waals surface area contributed by atoms with E-state index in [0.29, 0.717) is 6.20 Å². The average molecular weight is 550 g/mol. The number of oxazole rings is 1. The molecule has 180 valence electrons. The average Bonchev–Trinajstić information content (AvgIpc) is 3.13. The number of nitrogens with two attached hydrogens (primary N) is 1. The van der Waals surface area contributed by atoms with Crippen LogP contribution in [0.1, 0.15) is 40.8 Å². The molecule has 0 aliphatic heterocycles. The van der Waals surface area contributed by atoms with Crippen molar-refractivity contribution in [3.8, 4) is 17.1 Å². The van der Waals surface area contributed by atoms with Crippen LogP contribution in [0, 0.1) is 11.6 Å². The number of amides is 1. The van der Waals surface area contributed by atoms with Crippen molar-refractivity contribution < 1.29 is 45.8 Å². The molecule has 2 heterocycles. The number of rotatable bonds is 8. The molecule has 0 saturated carbocycles. The number of nitrogens with zero attached hydrogens (tertiary/aromatic N) is 2. The van der Waals surface area contributed by atoms with Crippen LogP contribution in [0.15, 0.2) is 39.5 Å². The van der Waals surface area contributed by atoms with Crippen molar-refractivity contribution in [3.63, 3.8) is 0 Å². The molecular weight excluding hydrogens is 537 g/mol. The lowest BCUT2D eigenvalue weighted by Gasteiger charge is -2.17. The normalized spacial score (nSPS) is 12.4. The largest absolute Gasteiger partial charge is 0.481 e. The number of hydrogen-bond acceptors (Lipinski definition) is 6. The van der Waals surface area contributed by atoms with Gasteiger partial charge in [-0.3, -0.25) is 14.6 Å². The second-order valence-electron chi connectivity index (χ2n) is 6.74. The maximum Gasteiger partial charge on any atom is 0.417 e. The first kappa shape index (κ1) is 25.1. The molecule has 2 aromatic heterocycles. The van der Waals surface area contributed by atoms with E-state index < -0.39 is 59.1 Å². The summed E-state index contributed by atoms with van der Waals surface area (Å²) in [6.45, 7) is 0. The minimum atomic E-state index is -4.60. The fraction of sp³-hybridized carbons (Fsp3) is 0.200. The molecule has 1 aromatic carbocycles. The lowest BCUT2D eigenvalue weighted by Crippen LogP contribution is -2.17. The molecule has 1 unspecified atom stereocenters. The predicted molar refractivity (Wildman–Crippen MR) is 108 cm³/mol. The maximum absolute atomic E-state index is 14.6. The van der Waals surface area contributed by atoms with Gasteiger partial charge in [0.2, 0.25) is 5.89 Å². The smallest absolute Gasteiger partial charge is 0.417 e. The number of halogens is 6. The van der Waals surface area contributed by atoms with Crippen molar-refractivity contribution in [3.05, 3.63) is 63.8 Å². The second-order valence-corrected chi connectivity index (χ2v) is 7.46. The van der Waals surface area contributed by atoms with Crippen molar-refractivity contribution in [1.82, 2.24) is 9.97 Å². The van der Waals surface area contributed by atoms with Crippen LogP contribution in [0.2, 0.25) is 0 Å². The molecule has 0 aliphatic rings. The fourth-order valence-corrected chi connectivity index (χ4v) is 3.26. The lowest BCUT2D eigenvalue weighted by molar-refractivity contribution is -0.138. The molecule has 1 atom stereocenters. The van der Waals surface area contributed by atoms with Crippen molar-refractivity contribution in [2.45, 2.75) is 25.1 Å². The van der Waals surface area contributed by atoms with Gasteiger partial charge in [-0.05, 0) is 40.2 Å². The second kappa shape index (κ2) is 9.75. The highest BCUT2D eigenvalue weighted by Gasteiger charge is 2.31. The third-order valence-electron chi connectivity index (χ3n) is 4.40. The summed E-state index contributed by atoms with van der Waals surface area (Å²) in [5.41, 5.74) is 2.88. The van der Waals surface area contributed by atoms with Gasteiger partial charge >= 0.3 is 12.1 Å². The topological polar surface area (TPSA) is 129 Å². The van der Waals surface area contributed by atoms with E-state index >= 15 is 0 Å². The number of alkyl halides is 3. The van der Waals surface area contributed by atoms with Gasteiger partial charge < -0.3 is 20.0 Å². The van der Waals surface area contributed by atoms with E-state index in [1.165, 1.54) is 0 Å². The first-order chi connectivity index (χ1) is 15.9. The minimum absolute atomic E-state index is 0.0177. The molecule has 3 rings (SSSR count). The number of primary amides is 1. The van der Waals surface area contributed by atoms with Gasteiger partial charge in [0, 0.05) is 19.0 Å². The third kappa shape index (κ3) is 5.50. The van der Waals surface area contributed by atoms with Crippen LogP contribution in [0.4, 0.5) is 22.0 Å². The Morgan fingerprint density at radius 1 is 1.21 bits per heavy atom. The van der Waals surface area contributed by atoms with Gasteiger partial charge in [0.05, 0.1) is 11.3 Å². The number of aliphatic carboxylic acids is 1. The highest BCUT2D eigenvalue weighted by molar-refractivity contribution is 9.10. The fourth-order valence-electron chi connectivity index (χ4n) is 2.81. The summed E-state index contributed by atoms with van der Waals surface area (Å²) in [6.07, 6.45) is -6.14. The molecule has 3 N–H and O–H groups in total. The highest BCUT2D eigenvalue weighted by Crippen LogP contribution is 2.36. The first-order valence-electron chi connectivity index (χ1n) is 9.24. The zero-order valence-corrected chi connectivity index (χ0v) is 18.3. The van der Waals surface area contributed by atoms with E-state index in [-0.39, 0.29) is 28.4 Å². The number of ether oxygens (including phenoxy) is 1. The Morgan fingerprint density at radius 2 is 1.91 bits per heavy atom. The lowest BCUT2D eigenvalue weighted by atomic mass is 10.1. The summed E-state index contributed by atoms with van der Waals surface area (Å²) in [5, 5.41) is 9.01. The van der Waals surface area contributed by atoms with E-state index in [4.69, 9.17) is 20.0 Å². The van der Waals surface area contributed by atoms with E-state index in [1.807, 2.05) is 0 Å². The number of carboxylic acids is 1. The highest BCUT2D eigenvalue weighted by atomic mass is 79.9. The molecular formula is C20H13BrF5N3O5. The van der Waals surface area contributed by atoms with Gasteiger partial charge in [-0.2, -0.15) is 13.2 Å². The van der Waals surface area contributed by atoms with Gasteiger partial charge in [-0.25, -0.2) is 13.8 Å². The van der Waals surface area contributed by atoms with Gasteiger partial charge in [0.25, 0.3) is 5.91 Å². The van der Waals surface area contributed by atoms with Crippen LogP contribution < -0.4 is 10.5 Å². The molecule has 8 nitrogen and oxygen atoms in total. The Morgan fingerprint density at radius 3 is 2.47 bits per heavy atom. The summed E-state index contributed by atoms with van der Waals surface area (Å²) >= 11 is 3.05. The molecule has 3 aromatic rings. The molecule has 0 bridgehead atoms. The molecule has 0 spiro atoms. The van der Waals surface area contributed by atoms with Gasteiger partial charge in [0.15, 0.2) is 22.3 Å². The summed E-state index contributed by atoms with van der Waals surface area (Å²) in [4.78, 5) is 30.2. The van der Waals surface area contributed by atoms with Crippen molar-refractivity contribution in [2.24, 2.45) is 5.73 Å². The number of hydrogen-bond donors (Lipinski definition) is 2. The number of benzene rings is 1. The SMILES string of the molecule is NC(=O)c1c(F)ccc(OC(CCC(=O)O)c2nc(-c3ccc(C(F)(F)F)cn3)c(Br)o2)c1F. The number of carboxylic acid groups (broad SMARTS) is 1. The molecule has 0 saturated heterocycles. The summed E-state index contributed by atoms with van der Waals surface area (Å²) < 4.78 is 77.4. The number of carbonyl (C=O) groups excluding carboxylic acids is 1. The van der Waals surface area contributed by atoms with Crippen LogP contribution in [-0.2, 0) is 11.0 Å². The van der Waals surface area contributed by atoms with E-state index in [2.05, 4.69) is 25.9 Å². The van der Waals surface area contributed by atoms with Crippen molar-refractivity contribution >= 4 is 27.8 Å². The number of aromatic nitrogens is 2. The molecule has 1 amide bonds. The Bertz CT molecular complexity index is 1230. The molecule has 0 aliphatic carbocycles. The standard InChI is InChI=1S/C20H13BrF5N3O5/c21-17-16(10-3-1-8(7-28-10)20(24,25)26)29-19(34-17)12(5-6-13(30)31)33-11-4-2-9(22)14(15(11)23)18(27)32/h1-4,7,12H,5-6H2,(H2,27,32)(H,30,31). The first-order valence-corrected chi connectivity index (χ1v) is 10.0. The Balaban J connectivity index is 1.97. The van der Waals surface area contributed by atoms with E-state index in [9.17, 15) is 31.5 Å². The summed E-state index contributed by atoms with van der Waals surface area (Å²) in [6, 6.07) is 3.42. The number of carbonyl (C=O) groups is 2. The van der Waals surface area contributed by atoms with Gasteiger partial charge in [0.1, 0.15) is 17.1 Å². The minimum Gasteiger partial charge on any atom is -0.481 e. The Hall–Kier alpha value is -3.55. The molecule has 14 heteroatoms. The van der Waals surface area contributed by atoms with Gasteiger partial charge in [-0.1, -0.05) is 0 Å². The summed E-state index contributed by atoms with van der Waals surface area (Å²) in [5.74, 6) is -6.18.